The normalized spacial score (nSPS) is 15.1. The van der Waals surface area contributed by atoms with Crippen molar-refractivity contribution in [1.29, 1.82) is 0 Å². The molecular weight excluding hydrogens is 168 g/mol. The van der Waals surface area contributed by atoms with E-state index in [1.807, 2.05) is 0 Å². The maximum atomic E-state index is 9.78. The Kier molecular flexibility index (Phi) is 8.36. The molecule has 0 saturated heterocycles. The number of hydrogen-bond acceptors (Lipinski definition) is 4. The van der Waals surface area contributed by atoms with E-state index in [1.165, 1.54) is 0 Å². The van der Waals surface area contributed by atoms with Gasteiger partial charge in [0, 0.05) is 0 Å². The molecule has 0 aliphatic carbocycles. The van der Waals surface area contributed by atoms with E-state index in [0.717, 1.165) is 0 Å². The van der Waals surface area contributed by atoms with Crippen LogP contribution >= 0.6 is 0 Å². The third-order valence-corrected chi connectivity index (χ3v) is 0.805. The van der Waals surface area contributed by atoms with Gasteiger partial charge in [-0.1, -0.05) is 0 Å². The number of carboxylic acid groups (broad SMARTS) is 1. The molecule has 0 aliphatic rings. The fourth-order valence-corrected chi connectivity index (χ4v) is 0.264. The quantitative estimate of drug-likeness (QED) is 0.342. The van der Waals surface area contributed by atoms with E-state index in [4.69, 9.17) is 20.4 Å². The first-order chi connectivity index (χ1) is 4.09. The molecule has 0 bridgehead atoms. The van der Waals surface area contributed by atoms with Crippen molar-refractivity contribution in [2.75, 3.05) is 6.61 Å². The molecule has 6 heteroatoms. The van der Waals surface area contributed by atoms with Gasteiger partial charge < -0.3 is 20.4 Å². The van der Waals surface area contributed by atoms with Crippen LogP contribution in [0.1, 0.15) is 0 Å². The molecule has 0 unspecified atom stereocenters. The predicted molar refractivity (Wildman–Crippen MR) is 35.3 cm³/mol. The van der Waals surface area contributed by atoms with Crippen molar-refractivity contribution in [1.82, 2.24) is 0 Å². The second kappa shape index (κ2) is 6.33. The number of rotatable bonds is 3. The molecule has 0 aliphatic heterocycles. The van der Waals surface area contributed by atoms with Crippen molar-refractivity contribution in [3.63, 3.8) is 0 Å². The Balaban J connectivity index is 0. The summed E-state index contributed by atoms with van der Waals surface area (Å²) < 4.78 is 0. The summed E-state index contributed by atoms with van der Waals surface area (Å²) in [6.07, 6.45) is -3.49. The van der Waals surface area contributed by atoms with Gasteiger partial charge in [0.2, 0.25) is 0 Å². The van der Waals surface area contributed by atoms with E-state index in [-0.39, 0.29) is 37.7 Å². The van der Waals surface area contributed by atoms with Crippen LogP contribution in [0.4, 0.5) is 0 Å². The number of hydrogen-bond donors (Lipinski definition) is 4. The van der Waals surface area contributed by atoms with E-state index in [9.17, 15) is 4.79 Å². The first kappa shape index (κ1) is 13.2. The molecule has 0 radical (unpaired) electrons. The van der Waals surface area contributed by atoms with Crippen molar-refractivity contribution in [2.24, 2.45) is 0 Å². The van der Waals surface area contributed by atoms with E-state index >= 15 is 0 Å². The third-order valence-electron chi connectivity index (χ3n) is 0.805. The molecule has 0 fully saturated rings. The summed E-state index contributed by atoms with van der Waals surface area (Å²) >= 11 is 0. The van der Waals surface area contributed by atoms with Gasteiger partial charge in [0.1, 0.15) is 6.10 Å². The first-order valence-corrected chi connectivity index (χ1v) is 2.29. The molecule has 10 heavy (non-hydrogen) atoms. The van der Waals surface area contributed by atoms with Gasteiger partial charge in [-0.15, -0.1) is 0 Å². The standard InChI is InChI=1S/C4H8O5.Ca.2H/c5-1-2(6)3(7)4(8)9;;;/h2-3,5-7H,1H2,(H,8,9);;;/t2-,3+;;;/m0.../s1. The fourth-order valence-electron chi connectivity index (χ4n) is 0.264. The summed E-state index contributed by atoms with van der Waals surface area (Å²) in [5.74, 6) is -1.54. The van der Waals surface area contributed by atoms with Crippen LogP contribution < -0.4 is 0 Å². The SMILES string of the molecule is O=C(O)[C@H](O)[C@@H](O)CO.[CaH2]. The van der Waals surface area contributed by atoms with Crippen molar-refractivity contribution in [2.45, 2.75) is 12.2 Å². The second-order valence-electron chi connectivity index (χ2n) is 1.53. The van der Waals surface area contributed by atoms with Crippen LogP contribution in [0.2, 0.25) is 0 Å². The van der Waals surface area contributed by atoms with Gasteiger partial charge in [-0.3, -0.25) is 0 Å². The topological polar surface area (TPSA) is 98.0 Å². The molecule has 5 nitrogen and oxygen atoms in total. The van der Waals surface area contributed by atoms with Gasteiger partial charge in [-0.25, -0.2) is 4.79 Å². The van der Waals surface area contributed by atoms with Crippen LogP contribution in [0.15, 0.2) is 0 Å². The first-order valence-electron chi connectivity index (χ1n) is 2.29. The molecule has 0 rings (SSSR count). The Labute approximate surface area is 87.3 Å². The summed E-state index contributed by atoms with van der Waals surface area (Å²) in [5, 5.41) is 32.8. The van der Waals surface area contributed by atoms with E-state index in [1.54, 1.807) is 0 Å². The van der Waals surface area contributed by atoms with Gasteiger partial charge >= 0.3 is 43.7 Å². The van der Waals surface area contributed by atoms with Gasteiger partial charge in [0.05, 0.1) is 6.61 Å². The van der Waals surface area contributed by atoms with Gasteiger partial charge in [-0.05, 0) is 0 Å². The van der Waals surface area contributed by atoms with E-state index in [0.29, 0.717) is 0 Å². The van der Waals surface area contributed by atoms with Gasteiger partial charge in [-0.2, -0.15) is 0 Å². The second-order valence-corrected chi connectivity index (χ2v) is 1.53. The van der Waals surface area contributed by atoms with Crippen LogP contribution in [0.3, 0.4) is 0 Å². The Bertz CT molecular complexity index is 106. The molecule has 0 spiro atoms. The van der Waals surface area contributed by atoms with Crippen LogP contribution in [-0.4, -0.2) is 82.9 Å². The van der Waals surface area contributed by atoms with Crippen LogP contribution in [-0.2, 0) is 4.79 Å². The molecule has 0 heterocycles. The molecule has 0 aromatic carbocycles. The molecule has 2 atom stereocenters. The van der Waals surface area contributed by atoms with Crippen LogP contribution in [0.25, 0.3) is 0 Å². The third kappa shape index (κ3) is 4.43. The van der Waals surface area contributed by atoms with Gasteiger partial charge in [0.25, 0.3) is 0 Å². The molecule has 0 amide bonds. The predicted octanol–water partition coefficient (Wildman–Crippen LogP) is -3.13. The van der Waals surface area contributed by atoms with Crippen molar-refractivity contribution in [3.8, 4) is 0 Å². The van der Waals surface area contributed by atoms with E-state index in [2.05, 4.69) is 0 Å². The Hall–Kier alpha value is 0.610. The zero-order valence-electron chi connectivity index (χ0n) is 4.56. The summed E-state index contributed by atoms with van der Waals surface area (Å²) in [6.45, 7) is -0.756. The summed E-state index contributed by atoms with van der Waals surface area (Å²) in [4.78, 5) is 9.78. The Morgan fingerprint density at radius 2 is 1.80 bits per heavy atom. The molecule has 4 N–H and O–H groups in total. The zero-order valence-corrected chi connectivity index (χ0v) is 4.56. The molecular formula is C4H10CaO5. The number of carboxylic acids is 1. The monoisotopic (exact) mass is 178 g/mol. The summed E-state index contributed by atoms with van der Waals surface area (Å²) in [7, 11) is 0. The Morgan fingerprint density at radius 1 is 1.40 bits per heavy atom. The number of aliphatic carboxylic acids is 1. The fraction of sp³-hybridized carbons (Fsp3) is 0.750. The molecule has 58 valence electrons. The molecule has 0 saturated carbocycles. The molecule has 0 aromatic rings. The van der Waals surface area contributed by atoms with Crippen molar-refractivity contribution >= 4 is 43.7 Å². The van der Waals surface area contributed by atoms with Crippen molar-refractivity contribution < 1.29 is 25.2 Å². The van der Waals surface area contributed by atoms with E-state index < -0.39 is 24.8 Å². The average Bonchev–Trinajstić information content (AvgIpc) is 1.84. The Morgan fingerprint density at radius 3 is 1.90 bits per heavy atom. The summed E-state index contributed by atoms with van der Waals surface area (Å²) in [5.41, 5.74) is 0. The number of aliphatic hydroxyl groups is 3. The van der Waals surface area contributed by atoms with Crippen LogP contribution in [0, 0.1) is 0 Å². The average molecular weight is 178 g/mol. The summed E-state index contributed by atoms with van der Waals surface area (Å²) in [6, 6.07) is 0. The number of aliphatic hydroxyl groups excluding tert-OH is 3. The molecule has 0 aromatic heterocycles. The minimum absolute atomic E-state index is 0. The maximum absolute atomic E-state index is 9.78. The van der Waals surface area contributed by atoms with Gasteiger partial charge in [0.15, 0.2) is 6.10 Å². The number of carbonyl (C=O) groups is 1. The minimum atomic E-state index is -1.89. The van der Waals surface area contributed by atoms with Crippen molar-refractivity contribution in [3.05, 3.63) is 0 Å². The zero-order chi connectivity index (χ0) is 7.44. The van der Waals surface area contributed by atoms with Crippen LogP contribution in [0.5, 0.6) is 0 Å².